The van der Waals surface area contributed by atoms with Gasteiger partial charge in [0.1, 0.15) is 16.1 Å². The largest absolute Gasteiger partial charge is 0.370 e. The van der Waals surface area contributed by atoms with Gasteiger partial charge in [-0.05, 0) is 50.4 Å². The lowest BCUT2D eigenvalue weighted by Gasteiger charge is -2.42. The minimum Gasteiger partial charge on any atom is -0.370 e. The standard InChI is InChI=1S/C16H24N2OS/c1-15(2)7-9-16(19-3,10-8-15)14-17-12-6-4-5-11(12)13(20)18-14/h4-10H2,1-3H3,(H,17,18,20). The highest BCUT2D eigenvalue weighted by Gasteiger charge is 2.42. The van der Waals surface area contributed by atoms with Gasteiger partial charge in [0, 0.05) is 18.4 Å². The zero-order chi connectivity index (χ0) is 14.4. The van der Waals surface area contributed by atoms with Crippen molar-refractivity contribution in [3.05, 3.63) is 21.7 Å². The number of fused-ring (bicyclic) bond motifs is 1. The van der Waals surface area contributed by atoms with E-state index in [1.165, 1.54) is 30.5 Å². The summed E-state index contributed by atoms with van der Waals surface area (Å²) in [5.74, 6) is 0.959. The highest BCUT2D eigenvalue weighted by Crippen LogP contribution is 2.46. The molecule has 4 heteroatoms. The summed E-state index contributed by atoms with van der Waals surface area (Å²) in [5, 5.41) is 0. The second-order valence-electron chi connectivity index (χ2n) is 7.06. The third-order valence-electron chi connectivity index (χ3n) is 5.19. The summed E-state index contributed by atoms with van der Waals surface area (Å²) in [6, 6.07) is 0. The number of ether oxygens (including phenoxy) is 1. The van der Waals surface area contributed by atoms with Crippen LogP contribution in [0.2, 0.25) is 0 Å². The molecule has 1 heterocycles. The zero-order valence-corrected chi connectivity index (χ0v) is 13.5. The molecule has 0 amide bonds. The van der Waals surface area contributed by atoms with Crippen LogP contribution in [0.5, 0.6) is 0 Å². The molecule has 3 nitrogen and oxygen atoms in total. The molecule has 1 aromatic heterocycles. The summed E-state index contributed by atoms with van der Waals surface area (Å²) < 4.78 is 6.72. The molecule has 1 saturated carbocycles. The van der Waals surface area contributed by atoms with Crippen molar-refractivity contribution in [1.29, 1.82) is 0 Å². The number of hydrogen-bond donors (Lipinski definition) is 1. The number of hydrogen-bond acceptors (Lipinski definition) is 3. The van der Waals surface area contributed by atoms with E-state index in [-0.39, 0.29) is 5.60 Å². The van der Waals surface area contributed by atoms with Crippen molar-refractivity contribution >= 4 is 12.2 Å². The van der Waals surface area contributed by atoms with Gasteiger partial charge in [0.05, 0.1) is 0 Å². The van der Waals surface area contributed by atoms with E-state index in [4.69, 9.17) is 21.9 Å². The van der Waals surface area contributed by atoms with Gasteiger partial charge in [0.15, 0.2) is 0 Å². The quantitative estimate of drug-likeness (QED) is 0.835. The molecule has 0 aliphatic heterocycles. The highest BCUT2D eigenvalue weighted by molar-refractivity contribution is 7.71. The molecule has 1 aromatic rings. The topological polar surface area (TPSA) is 37.9 Å². The molecule has 0 aromatic carbocycles. The molecule has 2 aliphatic carbocycles. The van der Waals surface area contributed by atoms with Crippen LogP contribution in [0.4, 0.5) is 0 Å². The van der Waals surface area contributed by atoms with Crippen molar-refractivity contribution in [2.24, 2.45) is 5.41 Å². The highest BCUT2D eigenvalue weighted by atomic mass is 32.1. The Morgan fingerprint density at radius 1 is 1.15 bits per heavy atom. The van der Waals surface area contributed by atoms with E-state index in [2.05, 4.69) is 18.8 Å². The third-order valence-corrected chi connectivity index (χ3v) is 5.53. The first-order valence-electron chi connectivity index (χ1n) is 7.64. The van der Waals surface area contributed by atoms with Crippen LogP contribution < -0.4 is 0 Å². The van der Waals surface area contributed by atoms with Crippen molar-refractivity contribution in [2.75, 3.05) is 7.11 Å². The number of aryl methyl sites for hydroxylation is 1. The van der Waals surface area contributed by atoms with Gasteiger partial charge in [-0.3, -0.25) is 0 Å². The Hall–Kier alpha value is -0.740. The molecule has 0 unspecified atom stereocenters. The van der Waals surface area contributed by atoms with E-state index in [0.717, 1.165) is 36.1 Å². The SMILES string of the molecule is COC1(c2nc(=S)c3c([nH]2)CCC3)CCC(C)(C)CC1. The van der Waals surface area contributed by atoms with E-state index in [1.807, 2.05) is 7.11 Å². The minimum atomic E-state index is -0.263. The Labute approximate surface area is 126 Å². The molecule has 20 heavy (non-hydrogen) atoms. The summed E-state index contributed by atoms with van der Waals surface area (Å²) in [6.07, 6.45) is 7.74. The maximum atomic E-state index is 5.93. The Bertz CT molecular complexity index is 566. The van der Waals surface area contributed by atoms with Crippen molar-refractivity contribution in [3.63, 3.8) is 0 Å². The lowest BCUT2D eigenvalue weighted by Crippen LogP contribution is -2.38. The number of nitrogens with one attached hydrogen (secondary N) is 1. The van der Waals surface area contributed by atoms with Gasteiger partial charge in [-0.25, -0.2) is 4.98 Å². The van der Waals surface area contributed by atoms with Crippen molar-refractivity contribution < 1.29 is 4.74 Å². The van der Waals surface area contributed by atoms with E-state index in [9.17, 15) is 0 Å². The van der Waals surface area contributed by atoms with Crippen LogP contribution in [0, 0.1) is 10.1 Å². The molecule has 3 rings (SSSR count). The number of methoxy groups -OCH3 is 1. The fourth-order valence-electron chi connectivity index (χ4n) is 3.54. The first kappa shape index (κ1) is 14.2. The van der Waals surface area contributed by atoms with Crippen LogP contribution in [0.15, 0.2) is 0 Å². The molecule has 0 bridgehead atoms. The van der Waals surface area contributed by atoms with Crippen molar-refractivity contribution in [3.8, 4) is 0 Å². The second kappa shape index (κ2) is 4.92. The molecule has 110 valence electrons. The monoisotopic (exact) mass is 292 g/mol. The van der Waals surface area contributed by atoms with Crippen LogP contribution in [-0.2, 0) is 23.2 Å². The van der Waals surface area contributed by atoms with E-state index in [0.29, 0.717) is 5.41 Å². The number of aromatic nitrogens is 2. The predicted molar refractivity (Wildman–Crippen MR) is 82.4 cm³/mol. The predicted octanol–water partition coefficient (Wildman–Crippen LogP) is 4.07. The van der Waals surface area contributed by atoms with Gasteiger partial charge in [-0.15, -0.1) is 0 Å². The average Bonchev–Trinajstić information content (AvgIpc) is 2.88. The second-order valence-corrected chi connectivity index (χ2v) is 7.45. The first-order chi connectivity index (χ1) is 9.46. The lowest BCUT2D eigenvalue weighted by molar-refractivity contribution is -0.0731. The fourth-order valence-corrected chi connectivity index (χ4v) is 3.86. The molecule has 1 N–H and O–H groups in total. The van der Waals surface area contributed by atoms with Crippen molar-refractivity contribution in [1.82, 2.24) is 9.97 Å². The van der Waals surface area contributed by atoms with E-state index in [1.54, 1.807) is 0 Å². The lowest BCUT2D eigenvalue weighted by atomic mass is 9.70. The van der Waals surface area contributed by atoms with Gasteiger partial charge >= 0.3 is 0 Å². The Morgan fingerprint density at radius 2 is 1.85 bits per heavy atom. The summed E-state index contributed by atoms with van der Waals surface area (Å²) in [4.78, 5) is 8.25. The van der Waals surface area contributed by atoms with Gasteiger partial charge in [0.2, 0.25) is 0 Å². The molecule has 1 fully saturated rings. The molecule has 0 spiro atoms. The van der Waals surface area contributed by atoms with Crippen LogP contribution in [-0.4, -0.2) is 17.1 Å². The summed E-state index contributed by atoms with van der Waals surface area (Å²) in [6.45, 7) is 4.68. The van der Waals surface area contributed by atoms with Crippen LogP contribution in [0.1, 0.15) is 63.0 Å². The normalized spacial score (nSPS) is 23.6. The van der Waals surface area contributed by atoms with E-state index < -0.39 is 0 Å². The number of nitrogens with zero attached hydrogens (tertiary/aromatic N) is 1. The number of H-pyrrole nitrogens is 1. The number of rotatable bonds is 2. The maximum absolute atomic E-state index is 5.93. The van der Waals surface area contributed by atoms with Gasteiger partial charge < -0.3 is 9.72 Å². The molecular formula is C16H24N2OS. The van der Waals surface area contributed by atoms with Crippen LogP contribution >= 0.6 is 12.2 Å². The molecule has 2 aliphatic rings. The fraction of sp³-hybridized carbons (Fsp3) is 0.750. The summed E-state index contributed by atoms with van der Waals surface area (Å²) in [7, 11) is 1.81. The maximum Gasteiger partial charge on any atom is 0.140 e. The van der Waals surface area contributed by atoms with Gasteiger partial charge in [-0.1, -0.05) is 26.1 Å². The average molecular weight is 292 g/mol. The van der Waals surface area contributed by atoms with Crippen LogP contribution in [0.3, 0.4) is 0 Å². The Morgan fingerprint density at radius 3 is 2.50 bits per heavy atom. The van der Waals surface area contributed by atoms with Gasteiger partial charge in [0.25, 0.3) is 0 Å². The zero-order valence-electron chi connectivity index (χ0n) is 12.7. The Balaban J connectivity index is 1.99. The van der Waals surface area contributed by atoms with Crippen molar-refractivity contribution in [2.45, 2.75) is 64.4 Å². The molecular weight excluding hydrogens is 268 g/mol. The summed E-state index contributed by atoms with van der Waals surface area (Å²) in [5.41, 5.74) is 2.70. The minimum absolute atomic E-state index is 0.263. The van der Waals surface area contributed by atoms with Crippen LogP contribution in [0.25, 0.3) is 0 Å². The van der Waals surface area contributed by atoms with E-state index >= 15 is 0 Å². The molecule has 0 saturated heterocycles. The Kier molecular flexibility index (Phi) is 3.49. The first-order valence-corrected chi connectivity index (χ1v) is 8.04. The smallest absolute Gasteiger partial charge is 0.140 e. The molecule has 0 radical (unpaired) electrons. The van der Waals surface area contributed by atoms with Gasteiger partial charge in [-0.2, -0.15) is 0 Å². The number of aromatic amines is 1. The summed E-state index contributed by atoms with van der Waals surface area (Å²) >= 11 is 5.49. The molecule has 0 atom stereocenters. The third kappa shape index (κ3) is 2.33.